The van der Waals surface area contributed by atoms with Gasteiger partial charge < -0.3 is 19.9 Å². The molecule has 2 amide bonds. The summed E-state index contributed by atoms with van der Waals surface area (Å²) < 4.78 is 7.54. The fourth-order valence-corrected chi connectivity index (χ4v) is 4.79. The molecule has 6 nitrogen and oxygen atoms in total. The molecular weight excluding hydrogens is 398 g/mol. The molecule has 164 valence electrons. The Bertz CT molecular complexity index is 888. The fourth-order valence-electron chi connectivity index (χ4n) is 4.09. The topological polar surface area (TPSA) is 72.4 Å². The van der Waals surface area contributed by atoms with Crippen LogP contribution in [0.25, 0.3) is 0 Å². The van der Waals surface area contributed by atoms with E-state index in [-0.39, 0.29) is 5.91 Å². The van der Waals surface area contributed by atoms with Crippen molar-refractivity contribution >= 4 is 23.3 Å². The van der Waals surface area contributed by atoms with E-state index < -0.39 is 17.2 Å². The summed E-state index contributed by atoms with van der Waals surface area (Å²) in [5.74, 6) is -0.0755. The molecule has 0 unspecified atom stereocenters. The van der Waals surface area contributed by atoms with Gasteiger partial charge in [0.05, 0.1) is 17.6 Å². The van der Waals surface area contributed by atoms with E-state index in [0.717, 1.165) is 43.6 Å². The van der Waals surface area contributed by atoms with E-state index in [1.54, 1.807) is 11.3 Å². The van der Waals surface area contributed by atoms with Gasteiger partial charge in [-0.2, -0.15) is 0 Å². The van der Waals surface area contributed by atoms with Gasteiger partial charge >= 0.3 is 6.09 Å². The maximum atomic E-state index is 13.2. The predicted octanol–water partition coefficient (Wildman–Crippen LogP) is 4.78. The van der Waals surface area contributed by atoms with Gasteiger partial charge in [-0.3, -0.25) is 4.79 Å². The molecule has 1 fully saturated rings. The van der Waals surface area contributed by atoms with E-state index in [0.29, 0.717) is 12.1 Å². The number of nitrogens with zero attached hydrogens (tertiary/aromatic N) is 1. The van der Waals surface area contributed by atoms with Crippen LogP contribution in [0.3, 0.4) is 0 Å². The summed E-state index contributed by atoms with van der Waals surface area (Å²) in [6.07, 6.45) is 3.32. The van der Waals surface area contributed by atoms with E-state index in [1.807, 2.05) is 46.8 Å². The molecule has 0 atom stereocenters. The van der Waals surface area contributed by atoms with E-state index in [2.05, 4.69) is 26.6 Å². The minimum atomic E-state index is -0.545. The number of alkyl carbamates (subject to hydrolysis) is 1. The van der Waals surface area contributed by atoms with Crippen LogP contribution in [0.2, 0.25) is 0 Å². The quantitative estimate of drug-likeness (QED) is 0.691. The smallest absolute Gasteiger partial charge is 0.407 e. The highest BCUT2D eigenvalue weighted by Gasteiger charge is 2.37. The van der Waals surface area contributed by atoms with Crippen molar-refractivity contribution in [3.63, 3.8) is 0 Å². The second-order valence-corrected chi connectivity index (χ2v) is 10.3. The van der Waals surface area contributed by atoms with Crippen molar-refractivity contribution in [1.29, 1.82) is 0 Å². The van der Waals surface area contributed by atoms with Crippen LogP contribution in [0.15, 0.2) is 23.6 Å². The number of carbonyl (C=O) groups is 2. The Morgan fingerprint density at radius 2 is 1.93 bits per heavy atom. The van der Waals surface area contributed by atoms with Crippen molar-refractivity contribution in [3.8, 4) is 0 Å². The van der Waals surface area contributed by atoms with E-state index in [9.17, 15) is 9.59 Å². The van der Waals surface area contributed by atoms with Gasteiger partial charge in [0.15, 0.2) is 0 Å². The summed E-state index contributed by atoms with van der Waals surface area (Å²) in [4.78, 5) is 26.6. The van der Waals surface area contributed by atoms with Crippen LogP contribution in [0.1, 0.15) is 73.1 Å². The third-order valence-corrected chi connectivity index (χ3v) is 6.48. The lowest BCUT2D eigenvalue weighted by molar-refractivity contribution is 0.0504. The highest BCUT2D eigenvalue weighted by atomic mass is 32.1. The first-order valence-corrected chi connectivity index (χ1v) is 11.4. The fraction of sp³-hybridized carbons (Fsp3) is 0.565. The Kier molecular flexibility index (Phi) is 6.60. The van der Waals surface area contributed by atoms with Gasteiger partial charge in [-0.15, -0.1) is 11.3 Å². The predicted molar refractivity (Wildman–Crippen MR) is 120 cm³/mol. The van der Waals surface area contributed by atoms with Gasteiger partial charge in [-0.25, -0.2) is 4.79 Å². The number of carbonyl (C=O) groups excluding carboxylic acids is 2. The Hall–Kier alpha value is -2.28. The SMILES string of the molecule is Cc1cc(C(=O)NC2(CNC(=O)OC(C)(C)C)CCCC2)c(C)n1Cc1cccs1. The standard InChI is InChI=1S/C23H33N3O3S/c1-16-13-19(17(2)26(16)14-18-9-8-12-30-18)20(27)25-23(10-6-7-11-23)15-24-21(28)29-22(3,4)5/h8-9,12-13H,6-7,10-11,14-15H2,1-5H3,(H,24,28)(H,25,27). The molecule has 2 aromatic heterocycles. The monoisotopic (exact) mass is 431 g/mol. The number of rotatable bonds is 6. The number of amides is 2. The maximum absolute atomic E-state index is 13.2. The van der Waals surface area contributed by atoms with E-state index >= 15 is 0 Å². The third-order valence-electron chi connectivity index (χ3n) is 5.62. The van der Waals surface area contributed by atoms with Crippen LogP contribution in [0.4, 0.5) is 4.79 Å². The molecular formula is C23H33N3O3S. The van der Waals surface area contributed by atoms with Gasteiger partial charge in [0.1, 0.15) is 5.60 Å². The summed E-state index contributed by atoms with van der Waals surface area (Å²) in [6, 6.07) is 6.12. The Labute approximate surface area is 183 Å². The van der Waals surface area contributed by atoms with Crippen LogP contribution in [-0.4, -0.2) is 34.3 Å². The molecule has 3 rings (SSSR count). The molecule has 0 bridgehead atoms. The van der Waals surface area contributed by atoms with Crippen LogP contribution in [0, 0.1) is 13.8 Å². The van der Waals surface area contributed by atoms with E-state index in [4.69, 9.17) is 4.74 Å². The number of thiophene rings is 1. The average molecular weight is 432 g/mol. The normalized spacial score (nSPS) is 15.8. The molecule has 1 aliphatic rings. The van der Waals surface area contributed by atoms with Gasteiger partial charge in [-0.05, 0) is 65.0 Å². The molecule has 0 aromatic carbocycles. The summed E-state index contributed by atoms with van der Waals surface area (Å²) in [5.41, 5.74) is 1.76. The second kappa shape index (κ2) is 8.84. The lowest BCUT2D eigenvalue weighted by Gasteiger charge is -2.31. The van der Waals surface area contributed by atoms with Crippen molar-refractivity contribution in [2.45, 2.75) is 78.0 Å². The molecule has 0 spiro atoms. The minimum absolute atomic E-state index is 0.0755. The van der Waals surface area contributed by atoms with Crippen LogP contribution < -0.4 is 10.6 Å². The largest absolute Gasteiger partial charge is 0.444 e. The number of hydrogen-bond acceptors (Lipinski definition) is 4. The Morgan fingerprint density at radius 3 is 2.53 bits per heavy atom. The lowest BCUT2D eigenvalue weighted by atomic mass is 9.96. The number of nitrogens with one attached hydrogen (secondary N) is 2. The van der Waals surface area contributed by atoms with Gasteiger partial charge in [-0.1, -0.05) is 18.9 Å². The molecule has 7 heteroatoms. The molecule has 2 N–H and O–H groups in total. The van der Waals surface area contributed by atoms with Crippen molar-refractivity contribution in [2.75, 3.05) is 6.54 Å². The zero-order chi connectivity index (χ0) is 21.9. The highest BCUT2D eigenvalue weighted by molar-refractivity contribution is 7.09. The van der Waals surface area contributed by atoms with Crippen molar-refractivity contribution in [1.82, 2.24) is 15.2 Å². The molecule has 30 heavy (non-hydrogen) atoms. The highest BCUT2D eigenvalue weighted by Crippen LogP contribution is 2.30. The van der Waals surface area contributed by atoms with Crippen molar-refractivity contribution in [3.05, 3.63) is 45.4 Å². The molecule has 0 aliphatic heterocycles. The van der Waals surface area contributed by atoms with Gasteiger partial charge in [0.25, 0.3) is 5.91 Å². The van der Waals surface area contributed by atoms with E-state index in [1.165, 1.54) is 4.88 Å². The Balaban J connectivity index is 1.70. The second-order valence-electron chi connectivity index (χ2n) is 9.25. The minimum Gasteiger partial charge on any atom is -0.444 e. The third kappa shape index (κ3) is 5.45. The van der Waals surface area contributed by atoms with Gasteiger partial charge in [0, 0.05) is 22.8 Å². The zero-order valence-corrected chi connectivity index (χ0v) is 19.4. The van der Waals surface area contributed by atoms with Gasteiger partial charge in [0.2, 0.25) is 0 Å². The van der Waals surface area contributed by atoms with Crippen LogP contribution >= 0.6 is 11.3 Å². The number of aromatic nitrogens is 1. The maximum Gasteiger partial charge on any atom is 0.407 e. The Morgan fingerprint density at radius 1 is 1.23 bits per heavy atom. The number of hydrogen-bond donors (Lipinski definition) is 2. The number of ether oxygens (including phenoxy) is 1. The molecule has 0 radical (unpaired) electrons. The van der Waals surface area contributed by atoms with Crippen molar-refractivity contribution < 1.29 is 14.3 Å². The van der Waals surface area contributed by atoms with Crippen LogP contribution in [-0.2, 0) is 11.3 Å². The first kappa shape index (κ1) is 22.4. The average Bonchev–Trinajstić information content (AvgIpc) is 3.37. The number of aryl methyl sites for hydroxylation is 1. The first-order valence-electron chi connectivity index (χ1n) is 10.6. The first-order chi connectivity index (χ1) is 14.1. The lowest BCUT2D eigenvalue weighted by Crippen LogP contribution is -2.54. The summed E-state index contributed by atoms with van der Waals surface area (Å²) in [5, 5.41) is 8.18. The van der Waals surface area contributed by atoms with Crippen molar-refractivity contribution in [2.24, 2.45) is 0 Å². The molecule has 1 aliphatic carbocycles. The summed E-state index contributed by atoms with van der Waals surface area (Å²) >= 11 is 1.72. The molecule has 0 saturated heterocycles. The van der Waals surface area contributed by atoms with Crippen LogP contribution in [0.5, 0.6) is 0 Å². The molecule has 2 heterocycles. The molecule has 1 saturated carbocycles. The summed E-state index contributed by atoms with van der Waals surface area (Å²) in [7, 11) is 0. The zero-order valence-electron chi connectivity index (χ0n) is 18.6. The molecule has 2 aromatic rings. The summed E-state index contributed by atoms with van der Waals surface area (Å²) in [6.45, 7) is 10.7.